The van der Waals surface area contributed by atoms with Gasteiger partial charge >= 0.3 is 0 Å². The Morgan fingerprint density at radius 3 is 2.80 bits per heavy atom. The van der Waals surface area contributed by atoms with E-state index < -0.39 is 0 Å². The van der Waals surface area contributed by atoms with Crippen molar-refractivity contribution >= 4 is 17.4 Å². The molecule has 1 rings (SSSR count). The first-order chi connectivity index (χ1) is 7.09. The standard InChI is InChI=1S/C11H15NO2S/c1-9(2)7-15-8-10-4-3-5-11(6-10)12(13)14/h3-6,9H,7-8H2,1-2H3. The Labute approximate surface area is 94.0 Å². The summed E-state index contributed by atoms with van der Waals surface area (Å²) in [5, 5.41) is 10.5. The van der Waals surface area contributed by atoms with E-state index >= 15 is 0 Å². The summed E-state index contributed by atoms with van der Waals surface area (Å²) < 4.78 is 0. The molecular formula is C11H15NO2S. The Bertz CT molecular complexity index is 339. The Morgan fingerprint density at radius 2 is 2.20 bits per heavy atom. The largest absolute Gasteiger partial charge is 0.269 e. The lowest BCUT2D eigenvalue weighted by molar-refractivity contribution is -0.384. The molecule has 0 N–H and O–H groups in total. The summed E-state index contributed by atoms with van der Waals surface area (Å²) in [7, 11) is 0. The van der Waals surface area contributed by atoms with Crippen LogP contribution < -0.4 is 0 Å². The summed E-state index contributed by atoms with van der Waals surface area (Å²) in [6.07, 6.45) is 0. The average Bonchev–Trinajstić information content (AvgIpc) is 2.17. The van der Waals surface area contributed by atoms with Crippen LogP contribution in [-0.4, -0.2) is 10.7 Å². The van der Waals surface area contributed by atoms with Crippen LogP contribution in [0.5, 0.6) is 0 Å². The van der Waals surface area contributed by atoms with Gasteiger partial charge in [0.15, 0.2) is 0 Å². The minimum Gasteiger partial charge on any atom is -0.258 e. The molecule has 0 saturated carbocycles. The highest BCUT2D eigenvalue weighted by atomic mass is 32.2. The van der Waals surface area contributed by atoms with Crippen molar-refractivity contribution in [3.8, 4) is 0 Å². The van der Waals surface area contributed by atoms with E-state index in [2.05, 4.69) is 13.8 Å². The predicted octanol–water partition coefficient (Wildman–Crippen LogP) is 3.48. The molecule has 0 aliphatic rings. The third-order valence-corrected chi connectivity index (χ3v) is 3.28. The number of nitro benzene ring substituents is 1. The monoisotopic (exact) mass is 225 g/mol. The van der Waals surface area contributed by atoms with Crippen molar-refractivity contribution in [2.75, 3.05) is 5.75 Å². The van der Waals surface area contributed by atoms with Crippen LogP contribution in [0, 0.1) is 16.0 Å². The van der Waals surface area contributed by atoms with Crippen LogP contribution in [0.15, 0.2) is 24.3 Å². The summed E-state index contributed by atoms with van der Waals surface area (Å²) in [6.45, 7) is 4.33. The lowest BCUT2D eigenvalue weighted by Crippen LogP contribution is -1.93. The zero-order valence-electron chi connectivity index (χ0n) is 8.97. The van der Waals surface area contributed by atoms with Gasteiger partial charge in [-0.3, -0.25) is 10.1 Å². The van der Waals surface area contributed by atoms with Crippen LogP contribution in [0.2, 0.25) is 0 Å². The van der Waals surface area contributed by atoms with Gasteiger partial charge in [0.25, 0.3) is 5.69 Å². The zero-order valence-corrected chi connectivity index (χ0v) is 9.79. The fraction of sp³-hybridized carbons (Fsp3) is 0.455. The Morgan fingerprint density at radius 1 is 1.47 bits per heavy atom. The second-order valence-electron chi connectivity index (χ2n) is 3.84. The Balaban J connectivity index is 2.54. The molecular weight excluding hydrogens is 210 g/mol. The van der Waals surface area contributed by atoms with Gasteiger partial charge < -0.3 is 0 Å². The molecule has 0 atom stereocenters. The van der Waals surface area contributed by atoms with Gasteiger partial charge in [-0.2, -0.15) is 11.8 Å². The summed E-state index contributed by atoms with van der Waals surface area (Å²) in [5.41, 5.74) is 1.20. The van der Waals surface area contributed by atoms with Crippen molar-refractivity contribution in [2.24, 2.45) is 5.92 Å². The molecule has 0 unspecified atom stereocenters. The molecule has 82 valence electrons. The highest BCUT2D eigenvalue weighted by Gasteiger charge is 2.05. The second kappa shape index (κ2) is 5.75. The van der Waals surface area contributed by atoms with Gasteiger partial charge in [-0.1, -0.05) is 26.0 Å². The summed E-state index contributed by atoms with van der Waals surface area (Å²) in [4.78, 5) is 10.2. The average molecular weight is 225 g/mol. The number of non-ortho nitro benzene ring substituents is 1. The lowest BCUT2D eigenvalue weighted by atomic mass is 10.2. The van der Waals surface area contributed by atoms with Crippen molar-refractivity contribution in [3.63, 3.8) is 0 Å². The summed E-state index contributed by atoms with van der Waals surface area (Å²) in [5.74, 6) is 2.59. The first-order valence-electron chi connectivity index (χ1n) is 4.90. The second-order valence-corrected chi connectivity index (χ2v) is 4.87. The number of rotatable bonds is 5. The molecule has 3 nitrogen and oxygen atoms in total. The topological polar surface area (TPSA) is 43.1 Å². The van der Waals surface area contributed by atoms with Crippen LogP contribution in [0.25, 0.3) is 0 Å². The van der Waals surface area contributed by atoms with Crippen LogP contribution in [-0.2, 0) is 5.75 Å². The summed E-state index contributed by atoms with van der Waals surface area (Å²) >= 11 is 1.81. The lowest BCUT2D eigenvalue weighted by Gasteiger charge is -2.04. The Hall–Kier alpha value is -1.03. The van der Waals surface area contributed by atoms with E-state index in [1.165, 1.54) is 6.07 Å². The van der Waals surface area contributed by atoms with Gasteiger partial charge in [0.05, 0.1) is 4.92 Å². The molecule has 1 aromatic rings. The normalized spacial score (nSPS) is 10.6. The van der Waals surface area contributed by atoms with Crippen molar-refractivity contribution in [1.82, 2.24) is 0 Å². The van der Waals surface area contributed by atoms with Gasteiger partial charge in [-0.05, 0) is 17.2 Å². The van der Waals surface area contributed by atoms with E-state index in [9.17, 15) is 10.1 Å². The number of thioether (sulfide) groups is 1. The molecule has 15 heavy (non-hydrogen) atoms. The van der Waals surface area contributed by atoms with Crippen molar-refractivity contribution in [2.45, 2.75) is 19.6 Å². The fourth-order valence-electron chi connectivity index (χ4n) is 1.17. The Kier molecular flexibility index (Phi) is 4.62. The summed E-state index contributed by atoms with van der Waals surface area (Å²) in [6, 6.07) is 6.84. The van der Waals surface area contributed by atoms with Crippen molar-refractivity contribution in [3.05, 3.63) is 39.9 Å². The molecule has 0 saturated heterocycles. The van der Waals surface area contributed by atoms with E-state index in [0.29, 0.717) is 5.92 Å². The first kappa shape index (κ1) is 12.0. The molecule has 0 bridgehead atoms. The molecule has 0 heterocycles. The molecule has 0 radical (unpaired) electrons. The smallest absolute Gasteiger partial charge is 0.258 e. The van der Waals surface area contributed by atoms with Gasteiger partial charge in [0.2, 0.25) is 0 Å². The van der Waals surface area contributed by atoms with E-state index in [4.69, 9.17) is 0 Å². The molecule has 0 amide bonds. The van der Waals surface area contributed by atoms with Gasteiger partial charge in [-0.25, -0.2) is 0 Å². The van der Waals surface area contributed by atoms with E-state index in [1.54, 1.807) is 12.1 Å². The number of hydrogen-bond donors (Lipinski definition) is 0. The number of benzene rings is 1. The molecule has 1 aromatic carbocycles. The SMILES string of the molecule is CC(C)CSCc1cccc([N+](=O)[O-])c1. The zero-order chi connectivity index (χ0) is 11.3. The van der Waals surface area contributed by atoms with Crippen LogP contribution >= 0.6 is 11.8 Å². The van der Waals surface area contributed by atoms with Gasteiger partial charge in [0.1, 0.15) is 0 Å². The molecule has 0 aliphatic heterocycles. The molecule has 0 aliphatic carbocycles. The van der Waals surface area contributed by atoms with Gasteiger partial charge in [0, 0.05) is 17.9 Å². The molecule has 0 spiro atoms. The van der Waals surface area contributed by atoms with Crippen LogP contribution in [0.3, 0.4) is 0 Å². The fourth-order valence-corrected chi connectivity index (χ4v) is 2.18. The third kappa shape index (κ3) is 4.34. The minimum atomic E-state index is -0.351. The van der Waals surface area contributed by atoms with E-state index in [-0.39, 0.29) is 10.6 Å². The maximum atomic E-state index is 10.5. The number of nitrogens with zero attached hydrogens (tertiary/aromatic N) is 1. The molecule has 4 heteroatoms. The van der Waals surface area contributed by atoms with Crippen LogP contribution in [0.1, 0.15) is 19.4 Å². The van der Waals surface area contributed by atoms with Crippen molar-refractivity contribution < 1.29 is 4.92 Å². The van der Waals surface area contributed by atoms with Crippen LogP contribution in [0.4, 0.5) is 5.69 Å². The molecule has 0 aromatic heterocycles. The maximum Gasteiger partial charge on any atom is 0.269 e. The maximum absolute atomic E-state index is 10.5. The van der Waals surface area contributed by atoms with E-state index in [0.717, 1.165) is 17.1 Å². The first-order valence-corrected chi connectivity index (χ1v) is 6.06. The third-order valence-electron chi connectivity index (χ3n) is 1.84. The van der Waals surface area contributed by atoms with Gasteiger partial charge in [-0.15, -0.1) is 0 Å². The highest BCUT2D eigenvalue weighted by Crippen LogP contribution is 2.19. The highest BCUT2D eigenvalue weighted by molar-refractivity contribution is 7.98. The van der Waals surface area contributed by atoms with E-state index in [1.807, 2.05) is 17.8 Å². The van der Waals surface area contributed by atoms with Crippen molar-refractivity contribution in [1.29, 1.82) is 0 Å². The minimum absolute atomic E-state index is 0.178. The quantitative estimate of drug-likeness (QED) is 0.569. The number of hydrogen-bond acceptors (Lipinski definition) is 3. The number of nitro groups is 1. The predicted molar refractivity (Wildman–Crippen MR) is 64.1 cm³/mol. The molecule has 0 fully saturated rings.